The van der Waals surface area contributed by atoms with Crippen LogP contribution in [0.3, 0.4) is 0 Å². The van der Waals surface area contributed by atoms with Crippen molar-refractivity contribution in [3.05, 3.63) is 0 Å². The van der Waals surface area contributed by atoms with Gasteiger partial charge in [0.1, 0.15) is 0 Å². The molecule has 17 heavy (non-hydrogen) atoms. The standard InChI is InChI=1S/C13H22N4/c1-2-9-16-12-3-5-13(6-4-12)17(10-7-14)11-8-15/h12-13,16H,2-6,9-11H2,1H3. The zero-order valence-electron chi connectivity index (χ0n) is 10.7. The smallest absolute Gasteiger partial charge is 0.0876 e. The molecule has 1 rings (SSSR count). The van der Waals surface area contributed by atoms with E-state index >= 15 is 0 Å². The molecule has 0 radical (unpaired) electrons. The predicted octanol–water partition coefficient (Wildman–Crippen LogP) is 1.65. The third kappa shape index (κ3) is 4.73. The molecule has 0 heterocycles. The topological polar surface area (TPSA) is 62.9 Å². The molecule has 1 aliphatic rings. The van der Waals surface area contributed by atoms with Crippen LogP contribution in [0.15, 0.2) is 0 Å². The summed E-state index contributed by atoms with van der Waals surface area (Å²) in [5, 5.41) is 21.0. The number of nitrogens with zero attached hydrogens (tertiary/aromatic N) is 3. The molecule has 0 atom stereocenters. The van der Waals surface area contributed by atoms with Gasteiger partial charge in [-0.1, -0.05) is 6.92 Å². The Labute approximate surface area is 104 Å². The minimum Gasteiger partial charge on any atom is -0.314 e. The molecule has 0 aromatic rings. The van der Waals surface area contributed by atoms with E-state index in [2.05, 4.69) is 24.4 Å². The quantitative estimate of drug-likeness (QED) is 0.710. The Bertz CT molecular complexity index is 265. The summed E-state index contributed by atoms with van der Waals surface area (Å²) >= 11 is 0. The summed E-state index contributed by atoms with van der Waals surface area (Å²) in [5.74, 6) is 0. The first-order chi connectivity index (χ1) is 8.31. The minimum absolute atomic E-state index is 0.380. The summed E-state index contributed by atoms with van der Waals surface area (Å²) in [7, 11) is 0. The number of nitriles is 2. The normalized spacial score (nSPS) is 24.2. The summed E-state index contributed by atoms with van der Waals surface area (Å²) < 4.78 is 0. The molecule has 4 heteroatoms. The third-order valence-corrected chi connectivity index (χ3v) is 3.44. The Hall–Kier alpha value is -1.10. The summed E-state index contributed by atoms with van der Waals surface area (Å²) in [4.78, 5) is 2.01. The Kier molecular flexibility index (Phi) is 6.62. The first kappa shape index (κ1) is 14.0. The van der Waals surface area contributed by atoms with E-state index in [-0.39, 0.29) is 0 Å². The van der Waals surface area contributed by atoms with Crippen LogP contribution in [0.5, 0.6) is 0 Å². The van der Waals surface area contributed by atoms with Gasteiger partial charge in [-0.15, -0.1) is 0 Å². The molecular formula is C13H22N4. The summed E-state index contributed by atoms with van der Waals surface area (Å²) in [6.07, 6.45) is 5.71. The SMILES string of the molecule is CCCNC1CCC(N(CC#N)CC#N)CC1. The van der Waals surface area contributed by atoms with Gasteiger partial charge in [0, 0.05) is 12.1 Å². The van der Waals surface area contributed by atoms with E-state index in [9.17, 15) is 0 Å². The lowest BCUT2D eigenvalue weighted by Crippen LogP contribution is -2.43. The van der Waals surface area contributed by atoms with Crippen molar-refractivity contribution >= 4 is 0 Å². The second-order valence-corrected chi connectivity index (χ2v) is 4.68. The average Bonchev–Trinajstić information content (AvgIpc) is 2.37. The zero-order valence-corrected chi connectivity index (χ0v) is 10.7. The lowest BCUT2D eigenvalue weighted by Gasteiger charge is -2.34. The van der Waals surface area contributed by atoms with Crippen LogP contribution in [0.4, 0.5) is 0 Å². The number of hydrogen-bond donors (Lipinski definition) is 1. The maximum absolute atomic E-state index is 8.75. The average molecular weight is 234 g/mol. The summed E-state index contributed by atoms with van der Waals surface area (Å²) in [6.45, 7) is 4.03. The number of rotatable bonds is 6. The maximum Gasteiger partial charge on any atom is 0.0876 e. The molecule has 0 unspecified atom stereocenters. The molecule has 0 aromatic carbocycles. The molecule has 0 saturated heterocycles. The van der Waals surface area contributed by atoms with Crippen molar-refractivity contribution in [1.29, 1.82) is 10.5 Å². The molecule has 0 amide bonds. The van der Waals surface area contributed by atoms with Crippen molar-refractivity contribution in [1.82, 2.24) is 10.2 Å². The predicted molar refractivity (Wildman–Crippen MR) is 67.1 cm³/mol. The van der Waals surface area contributed by atoms with E-state index in [4.69, 9.17) is 10.5 Å². The summed E-state index contributed by atoms with van der Waals surface area (Å²) in [6, 6.07) is 5.37. The van der Waals surface area contributed by atoms with Gasteiger partial charge in [0.15, 0.2) is 0 Å². The molecule has 94 valence electrons. The summed E-state index contributed by atoms with van der Waals surface area (Å²) in [5.41, 5.74) is 0. The van der Waals surface area contributed by atoms with E-state index in [1.165, 1.54) is 6.42 Å². The van der Waals surface area contributed by atoms with E-state index in [1.807, 2.05) is 4.90 Å². The third-order valence-electron chi connectivity index (χ3n) is 3.44. The van der Waals surface area contributed by atoms with Crippen molar-refractivity contribution in [2.45, 2.75) is 51.1 Å². The van der Waals surface area contributed by atoms with Crippen LogP contribution in [0.2, 0.25) is 0 Å². The van der Waals surface area contributed by atoms with Gasteiger partial charge in [-0.05, 0) is 38.6 Å². The van der Waals surface area contributed by atoms with Crippen molar-refractivity contribution in [2.75, 3.05) is 19.6 Å². The van der Waals surface area contributed by atoms with Gasteiger partial charge >= 0.3 is 0 Å². The van der Waals surface area contributed by atoms with E-state index in [1.54, 1.807) is 0 Å². The molecular weight excluding hydrogens is 212 g/mol. The van der Waals surface area contributed by atoms with Crippen LogP contribution in [0.25, 0.3) is 0 Å². The Balaban J connectivity index is 2.34. The Morgan fingerprint density at radius 1 is 1.12 bits per heavy atom. The molecule has 4 nitrogen and oxygen atoms in total. The molecule has 0 aromatic heterocycles. The first-order valence-corrected chi connectivity index (χ1v) is 6.53. The highest BCUT2D eigenvalue weighted by molar-refractivity contribution is 4.91. The van der Waals surface area contributed by atoms with Crippen LogP contribution in [0, 0.1) is 22.7 Å². The molecule has 0 spiro atoms. The van der Waals surface area contributed by atoms with Gasteiger partial charge in [0.05, 0.1) is 25.2 Å². The second kappa shape index (κ2) is 8.06. The number of hydrogen-bond acceptors (Lipinski definition) is 4. The van der Waals surface area contributed by atoms with Crippen molar-refractivity contribution in [3.8, 4) is 12.1 Å². The Morgan fingerprint density at radius 3 is 2.18 bits per heavy atom. The zero-order chi connectivity index (χ0) is 12.5. The highest BCUT2D eigenvalue weighted by Crippen LogP contribution is 2.22. The lowest BCUT2D eigenvalue weighted by atomic mass is 9.90. The highest BCUT2D eigenvalue weighted by Gasteiger charge is 2.25. The second-order valence-electron chi connectivity index (χ2n) is 4.68. The largest absolute Gasteiger partial charge is 0.314 e. The maximum atomic E-state index is 8.75. The Morgan fingerprint density at radius 2 is 1.71 bits per heavy atom. The van der Waals surface area contributed by atoms with E-state index < -0.39 is 0 Å². The molecule has 0 bridgehead atoms. The van der Waals surface area contributed by atoms with E-state index in [0.29, 0.717) is 25.2 Å². The fourth-order valence-corrected chi connectivity index (χ4v) is 2.49. The highest BCUT2D eigenvalue weighted by atomic mass is 15.1. The molecule has 1 fully saturated rings. The number of nitrogens with one attached hydrogen (secondary N) is 1. The fourth-order valence-electron chi connectivity index (χ4n) is 2.49. The van der Waals surface area contributed by atoms with Gasteiger partial charge in [0.25, 0.3) is 0 Å². The van der Waals surface area contributed by atoms with E-state index in [0.717, 1.165) is 32.2 Å². The van der Waals surface area contributed by atoms with Crippen LogP contribution in [-0.4, -0.2) is 36.6 Å². The van der Waals surface area contributed by atoms with Gasteiger partial charge in [0.2, 0.25) is 0 Å². The van der Waals surface area contributed by atoms with Crippen LogP contribution >= 0.6 is 0 Å². The monoisotopic (exact) mass is 234 g/mol. The van der Waals surface area contributed by atoms with Crippen molar-refractivity contribution in [3.63, 3.8) is 0 Å². The molecule has 1 saturated carbocycles. The lowest BCUT2D eigenvalue weighted by molar-refractivity contribution is 0.175. The van der Waals surface area contributed by atoms with Crippen molar-refractivity contribution in [2.24, 2.45) is 0 Å². The van der Waals surface area contributed by atoms with Gasteiger partial charge in [-0.2, -0.15) is 10.5 Å². The van der Waals surface area contributed by atoms with Crippen molar-refractivity contribution < 1.29 is 0 Å². The van der Waals surface area contributed by atoms with Crippen LogP contribution < -0.4 is 5.32 Å². The van der Waals surface area contributed by atoms with Gasteiger partial charge < -0.3 is 5.32 Å². The fraction of sp³-hybridized carbons (Fsp3) is 0.846. The molecule has 1 N–H and O–H groups in total. The van der Waals surface area contributed by atoms with Crippen LogP contribution in [-0.2, 0) is 0 Å². The van der Waals surface area contributed by atoms with Crippen LogP contribution in [0.1, 0.15) is 39.0 Å². The first-order valence-electron chi connectivity index (χ1n) is 6.53. The van der Waals surface area contributed by atoms with Gasteiger partial charge in [-0.25, -0.2) is 0 Å². The molecule has 0 aliphatic heterocycles. The molecule has 1 aliphatic carbocycles. The minimum atomic E-state index is 0.380. The van der Waals surface area contributed by atoms with Gasteiger partial charge in [-0.3, -0.25) is 4.90 Å².